The first-order chi connectivity index (χ1) is 12.1. The highest BCUT2D eigenvalue weighted by molar-refractivity contribution is 6.30. The first-order valence-corrected chi connectivity index (χ1v) is 7.98. The summed E-state index contributed by atoms with van der Waals surface area (Å²) in [6, 6.07) is 17.3. The number of para-hydroxylation sites is 1. The Morgan fingerprint density at radius 2 is 1.84 bits per heavy atom. The van der Waals surface area contributed by atoms with Crippen LogP contribution in [0.4, 0.5) is 0 Å². The van der Waals surface area contributed by atoms with Gasteiger partial charge in [-0.05, 0) is 35.9 Å². The molecule has 0 spiro atoms. The van der Waals surface area contributed by atoms with Crippen molar-refractivity contribution in [3.63, 3.8) is 0 Å². The van der Waals surface area contributed by atoms with Crippen LogP contribution < -0.4 is 5.43 Å². The summed E-state index contributed by atoms with van der Waals surface area (Å²) in [6.07, 6.45) is 1.31. The van der Waals surface area contributed by atoms with E-state index in [2.05, 4.69) is 4.98 Å². The molecule has 0 bridgehead atoms. The van der Waals surface area contributed by atoms with E-state index in [4.69, 9.17) is 16.0 Å². The molecule has 4 aromatic rings. The minimum absolute atomic E-state index is 0.0477. The summed E-state index contributed by atoms with van der Waals surface area (Å²) >= 11 is 6.09. The number of hydrogen-bond acceptors (Lipinski definition) is 4. The van der Waals surface area contributed by atoms with Crippen LogP contribution in [-0.2, 0) is 0 Å². The molecule has 0 atom stereocenters. The topological polar surface area (TPSA) is 63.3 Å². The van der Waals surface area contributed by atoms with E-state index in [0.717, 1.165) is 11.1 Å². The predicted octanol–water partition coefficient (Wildman–Crippen LogP) is 4.88. The fourth-order valence-electron chi connectivity index (χ4n) is 2.72. The van der Waals surface area contributed by atoms with Crippen molar-refractivity contribution >= 4 is 22.6 Å². The molecule has 2 heterocycles. The molecular formula is C20H12ClNO3. The molecule has 0 saturated carbocycles. The van der Waals surface area contributed by atoms with Gasteiger partial charge in [0.1, 0.15) is 17.0 Å². The lowest BCUT2D eigenvalue weighted by atomic mass is 10.0. The van der Waals surface area contributed by atoms with Gasteiger partial charge in [0.15, 0.2) is 11.2 Å². The fraction of sp³-hybridized carbons (Fsp3) is 0. The highest BCUT2D eigenvalue weighted by Crippen LogP contribution is 2.31. The lowest BCUT2D eigenvalue weighted by molar-refractivity contribution is 0.472. The molecule has 4 rings (SSSR count). The van der Waals surface area contributed by atoms with Crippen molar-refractivity contribution < 1.29 is 9.52 Å². The summed E-state index contributed by atoms with van der Waals surface area (Å²) in [4.78, 5) is 16.6. The van der Waals surface area contributed by atoms with Gasteiger partial charge in [-0.1, -0.05) is 35.9 Å². The number of pyridine rings is 1. The Kier molecular flexibility index (Phi) is 3.75. The third-order valence-electron chi connectivity index (χ3n) is 3.89. The largest absolute Gasteiger partial charge is 0.506 e. The van der Waals surface area contributed by atoms with Gasteiger partial charge in [-0.15, -0.1) is 0 Å². The van der Waals surface area contributed by atoms with Gasteiger partial charge in [-0.25, -0.2) is 4.98 Å². The van der Waals surface area contributed by atoms with Crippen molar-refractivity contribution in [1.29, 1.82) is 0 Å². The molecule has 122 valence electrons. The molecule has 0 fully saturated rings. The van der Waals surface area contributed by atoms with Crippen LogP contribution in [-0.4, -0.2) is 10.1 Å². The van der Waals surface area contributed by atoms with E-state index in [1.807, 2.05) is 30.3 Å². The van der Waals surface area contributed by atoms with Gasteiger partial charge in [-0.2, -0.15) is 0 Å². The van der Waals surface area contributed by atoms with Crippen molar-refractivity contribution in [3.8, 4) is 28.3 Å². The second kappa shape index (κ2) is 6.07. The van der Waals surface area contributed by atoms with Crippen molar-refractivity contribution in [2.45, 2.75) is 0 Å². The van der Waals surface area contributed by atoms with Gasteiger partial charge in [0.25, 0.3) is 0 Å². The van der Waals surface area contributed by atoms with Gasteiger partial charge >= 0.3 is 0 Å². The number of aromatic hydroxyl groups is 1. The number of benzene rings is 2. The van der Waals surface area contributed by atoms with E-state index >= 15 is 0 Å². The standard InChI is InChI=1S/C20H12ClNO3/c21-13-4-1-3-12(9-13)15-5-2-6-16-18(24)10-19(25-20(15)16)17-8-7-14(23)11-22-17/h1-11,23H. The number of rotatable bonds is 2. The van der Waals surface area contributed by atoms with E-state index in [1.54, 1.807) is 18.2 Å². The second-order valence-electron chi connectivity index (χ2n) is 5.57. The molecule has 0 unspecified atom stereocenters. The van der Waals surface area contributed by atoms with Gasteiger partial charge in [0.2, 0.25) is 0 Å². The third kappa shape index (κ3) is 2.88. The lowest BCUT2D eigenvalue weighted by Gasteiger charge is -2.08. The van der Waals surface area contributed by atoms with Gasteiger partial charge < -0.3 is 9.52 Å². The quantitative estimate of drug-likeness (QED) is 0.560. The van der Waals surface area contributed by atoms with Crippen LogP contribution in [0, 0.1) is 0 Å². The Morgan fingerprint density at radius 3 is 2.60 bits per heavy atom. The lowest BCUT2D eigenvalue weighted by Crippen LogP contribution is -2.01. The number of nitrogens with zero attached hydrogens (tertiary/aromatic N) is 1. The molecule has 0 aliphatic rings. The summed E-state index contributed by atoms with van der Waals surface area (Å²) in [6.45, 7) is 0. The highest BCUT2D eigenvalue weighted by atomic mass is 35.5. The fourth-order valence-corrected chi connectivity index (χ4v) is 2.91. The summed E-state index contributed by atoms with van der Waals surface area (Å²) in [5, 5.41) is 10.5. The molecule has 1 N–H and O–H groups in total. The van der Waals surface area contributed by atoms with Crippen molar-refractivity contribution in [2.75, 3.05) is 0 Å². The van der Waals surface area contributed by atoms with Crippen LogP contribution in [0.5, 0.6) is 5.75 Å². The molecule has 0 saturated heterocycles. The Bertz CT molecular complexity index is 1130. The summed E-state index contributed by atoms with van der Waals surface area (Å²) < 4.78 is 6.01. The average molecular weight is 350 g/mol. The van der Waals surface area contributed by atoms with Crippen LogP contribution in [0.3, 0.4) is 0 Å². The first-order valence-electron chi connectivity index (χ1n) is 7.60. The molecule has 0 aliphatic carbocycles. The molecule has 0 radical (unpaired) electrons. The second-order valence-corrected chi connectivity index (χ2v) is 6.01. The molecular weight excluding hydrogens is 338 g/mol. The number of hydrogen-bond donors (Lipinski definition) is 1. The van der Waals surface area contributed by atoms with Gasteiger partial charge in [-0.3, -0.25) is 4.79 Å². The molecule has 0 amide bonds. The number of halogens is 1. The maximum atomic E-state index is 12.5. The van der Waals surface area contributed by atoms with E-state index in [9.17, 15) is 9.90 Å². The maximum absolute atomic E-state index is 12.5. The first kappa shape index (κ1) is 15.4. The van der Waals surface area contributed by atoms with Crippen LogP contribution in [0.25, 0.3) is 33.6 Å². The smallest absolute Gasteiger partial charge is 0.193 e. The van der Waals surface area contributed by atoms with Crippen LogP contribution in [0.15, 0.2) is 76.1 Å². The highest BCUT2D eigenvalue weighted by Gasteiger charge is 2.12. The Morgan fingerprint density at radius 1 is 1.00 bits per heavy atom. The minimum Gasteiger partial charge on any atom is -0.506 e. The molecule has 2 aromatic carbocycles. The zero-order valence-corrected chi connectivity index (χ0v) is 13.7. The van der Waals surface area contributed by atoms with Crippen molar-refractivity contribution in [1.82, 2.24) is 4.98 Å². The van der Waals surface area contributed by atoms with E-state index in [0.29, 0.717) is 27.4 Å². The molecule has 4 nitrogen and oxygen atoms in total. The van der Waals surface area contributed by atoms with Crippen LogP contribution in [0.1, 0.15) is 0 Å². The average Bonchev–Trinajstić information content (AvgIpc) is 2.62. The Balaban J connectivity index is 1.99. The van der Waals surface area contributed by atoms with Crippen LogP contribution in [0.2, 0.25) is 5.02 Å². The van der Waals surface area contributed by atoms with E-state index < -0.39 is 0 Å². The van der Waals surface area contributed by atoms with E-state index in [1.165, 1.54) is 18.3 Å². The minimum atomic E-state index is -0.157. The molecule has 25 heavy (non-hydrogen) atoms. The molecule has 5 heteroatoms. The molecule has 2 aromatic heterocycles. The van der Waals surface area contributed by atoms with Gasteiger partial charge in [0.05, 0.1) is 11.6 Å². The van der Waals surface area contributed by atoms with Gasteiger partial charge in [0, 0.05) is 16.7 Å². The predicted molar refractivity (Wildman–Crippen MR) is 97.8 cm³/mol. The third-order valence-corrected chi connectivity index (χ3v) is 4.13. The maximum Gasteiger partial charge on any atom is 0.193 e. The van der Waals surface area contributed by atoms with Crippen LogP contribution >= 0.6 is 11.6 Å². The zero-order chi connectivity index (χ0) is 17.4. The monoisotopic (exact) mass is 349 g/mol. The van der Waals surface area contributed by atoms with E-state index in [-0.39, 0.29) is 11.2 Å². The summed E-state index contributed by atoms with van der Waals surface area (Å²) in [5.74, 6) is 0.387. The molecule has 0 aliphatic heterocycles. The normalized spacial score (nSPS) is 10.9. The zero-order valence-electron chi connectivity index (χ0n) is 12.9. The summed E-state index contributed by atoms with van der Waals surface area (Å²) in [7, 11) is 0. The number of aromatic nitrogens is 1. The number of fused-ring (bicyclic) bond motifs is 1. The Hall–Kier alpha value is -3.11. The summed E-state index contributed by atoms with van der Waals surface area (Å²) in [5.41, 5.74) is 2.42. The SMILES string of the molecule is O=c1cc(-c2ccc(O)cn2)oc2c(-c3cccc(Cl)c3)cccc12. The van der Waals surface area contributed by atoms with Crippen molar-refractivity contribution in [3.05, 3.63) is 82.1 Å². The Labute approximate surface area is 148 Å². The van der Waals surface area contributed by atoms with Crippen molar-refractivity contribution in [2.24, 2.45) is 0 Å².